The van der Waals surface area contributed by atoms with E-state index in [1.165, 1.54) is 5.56 Å². The van der Waals surface area contributed by atoms with Gasteiger partial charge in [-0.1, -0.05) is 18.2 Å². The Kier molecular flexibility index (Phi) is 3.38. The molecule has 3 aromatic rings. The molecule has 7 nitrogen and oxygen atoms in total. The van der Waals surface area contributed by atoms with Crippen molar-refractivity contribution in [2.45, 2.75) is 19.4 Å². The lowest BCUT2D eigenvalue weighted by molar-refractivity contribution is 0.174. The molecule has 0 saturated carbocycles. The second kappa shape index (κ2) is 5.87. The van der Waals surface area contributed by atoms with E-state index in [-0.39, 0.29) is 12.8 Å². The van der Waals surface area contributed by atoms with Gasteiger partial charge in [0.05, 0.1) is 6.20 Å². The fourth-order valence-corrected chi connectivity index (χ4v) is 3.45. The normalized spacial score (nSPS) is 17.3. The fourth-order valence-electron chi connectivity index (χ4n) is 3.45. The first-order valence-electron chi connectivity index (χ1n) is 8.51. The molecule has 0 bridgehead atoms. The number of hydrogen-bond donors (Lipinski definition) is 1. The summed E-state index contributed by atoms with van der Waals surface area (Å²) in [4.78, 5) is 6.79. The number of para-hydroxylation sites is 1. The van der Waals surface area contributed by atoms with Crippen molar-refractivity contribution in [3.63, 3.8) is 0 Å². The molecule has 0 fully saturated rings. The molecule has 0 aliphatic carbocycles. The van der Waals surface area contributed by atoms with Crippen LogP contribution in [0.2, 0.25) is 0 Å². The average Bonchev–Trinajstić information content (AvgIpc) is 3.24. The van der Waals surface area contributed by atoms with Gasteiger partial charge in [0, 0.05) is 23.5 Å². The minimum absolute atomic E-state index is 0.254. The lowest BCUT2D eigenvalue weighted by Gasteiger charge is -2.22. The number of rotatable bonds is 3. The highest BCUT2D eigenvalue weighted by Crippen LogP contribution is 2.37. The summed E-state index contributed by atoms with van der Waals surface area (Å²) in [6.45, 7) is 2.42. The van der Waals surface area contributed by atoms with Crippen LogP contribution in [0.3, 0.4) is 0 Å². The number of hydrogen-bond acceptors (Lipinski definition) is 7. The number of aromatic nitrogens is 3. The Labute approximate surface area is 150 Å². The van der Waals surface area contributed by atoms with E-state index in [9.17, 15) is 0 Å². The first-order chi connectivity index (χ1) is 12.8. The molecule has 0 saturated heterocycles. The minimum Gasteiger partial charge on any atom is -0.454 e. The zero-order valence-electron chi connectivity index (χ0n) is 14.2. The third-order valence-electron chi connectivity index (χ3n) is 4.62. The predicted octanol–water partition coefficient (Wildman–Crippen LogP) is 3.43. The van der Waals surface area contributed by atoms with Gasteiger partial charge in [0.25, 0.3) is 5.95 Å². The summed E-state index contributed by atoms with van der Waals surface area (Å²) in [6.07, 6.45) is 2.58. The quantitative estimate of drug-likeness (QED) is 0.778. The van der Waals surface area contributed by atoms with Gasteiger partial charge < -0.3 is 19.7 Å². The third-order valence-corrected chi connectivity index (χ3v) is 4.62. The molecule has 26 heavy (non-hydrogen) atoms. The number of nitrogens with one attached hydrogen (secondary N) is 1. The molecular formula is C19H17N5O2. The summed E-state index contributed by atoms with van der Waals surface area (Å²) >= 11 is 0. The Morgan fingerprint density at radius 2 is 2.00 bits per heavy atom. The van der Waals surface area contributed by atoms with Crippen molar-refractivity contribution in [1.82, 2.24) is 15.2 Å². The van der Waals surface area contributed by atoms with Gasteiger partial charge in [-0.2, -0.15) is 10.1 Å². The Morgan fingerprint density at radius 3 is 2.96 bits per heavy atom. The molecule has 1 atom stereocenters. The largest absolute Gasteiger partial charge is 0.454 e. The highest BCUT2D eigenvalue weighted by atomic mass is 16.7. The zero-order chi connectivity index (χ0) is 17.5. The summed E-state index contributed by atoms with van der Waals surface area (Å²) < 4.78 is 10.8. The smallest absolute Gasteiger partial charge is 0.252 e. The predicted molar refractivity (Wildman–Crippen MR) is 97.4 cm³/mol. The van der Waals surface area contributed by atoms with E-state index in [1.54, 1.807) is 6.20 Å². The fraction of sp³-hybridized carbons (Fsp3) is 0.211. The van der Waals surface area contributed by atoms with Gasteiger partial charge in [0.15, 0.2) is 17.3 Å². The SMILES string of the molecule is CC1Cc2ccccc2N1c1nncc(Nc2ccc3c(c2)OCO3)n1. The van der Waals surface area contributed by atoms with Crippen LogP contribution >= 0.6 is 0 Å². The van der Waals surface area contributed by atoms with E-state index in [0.717, 1.165) is 29.3 Å². The second-order valence-electron chi connectivity index (χ2n) is 6.39. The first kappa shape index (κ1) is 14.9. The van der Waals surface area contributed by atoms with Gasteiger partial charge in [-0.25, -0.2) is 0 Å². The monoisotopic (exact) mass is 347 g/mol. The van der Waals surface area contributed by atoms with Crippen molar-refractivity contribution >= 4 is 23.1 Å². The first-order valence-corrected chi connectivity index (χ1v) is 8.51. The second-order valence-corrected chi connectivity index (χ2v) is 6.39. The summed E-state index contributed by atoms with van der Waals surface area (Å²) in [5.41, 5.74) is 3.30. The lowest BCUT2D eigenvalue weighted by atomic mass is 10.1. The van der Waals surface area contributed by atoms with Crippen LogP contribution in [-0.2, 0) is 6.42 Å². The Hall–Kier alpha value is -3.35. The molecule has 0 amide bonds. The lowest BCUT2D eigenvalue weighted by Crippen LogP contribution is -2.26. The van der Waals surface area contributed by atoms with E-state index in [0.29, 0.717) is 11.8 Å². The molecule has 0 spiro atoms. The minimum atomic E-state index is 0.254. The molecule has 1 N–H and O–H groups in total. The van der Waals surface area contributed by atoms with E-state index < -0.39 is 0 Å². The van der Waals surface area contributed by atoms with Gasteiger partial charge >= 0.3 is 0 Å². The molecule has 2 aliphatic rings. The maximum absolute atomic E-state index is 5.42. The van der Waals surface area contributed by atoms with Crippen LogP contribution in [0, 0.1) is 0 Å². The van der Waals surface area contributed by atoms with Gasteiger partial charge in [-0.05, 0) is 37.1 Å². The van der Waals surface area contributed by atoms with Crippen molar-refractivity contribution in [1.29, 1.82) is 0 Å². The summed E-state index contributed by atoms with van der Waals surface area (Å²) in [6, 6.07) is 14.3. The Balaban J connectivity index is 1.44. The maximum atomic E-state index is 5.42. The van der Waals surface area contributed by atoms with E-state index in [1.807, 2.05) is 24.3 Å². The van der Waals surface area contributed by atoms with Crippen LogP contribution < -0.4 is 19.7 Å². The van der Waals surface area contributed by atoms with Crippen molar-refractivity contribution in [3.05, 3.63) is 54.2 Å². The zero-order valence-corrected chi connectivity index (χ0v) is 14.2. The summed E-state index contributed by atoms with van der Waals surface area (Å²) in [5.74, 6) is 2.69. The van der Waals surface area contributed by atoms with Crippen LogP contribution in [0.5, 0.6) is 11.5 Å². The van der Waals surface area contributed by atoms with Crippen LogP contribution in [0.25, 0.3) is 0 Å². The van der Waals surface area contributed by atoms with Crippen LogP contribution in [0.15, 0.2) is 48.7 Å². The van der Waals surface area contributed by atoms with Crippen molar-refractivity contribution in [2.75, 3.05) is 17.0 Å². The molecule has 1 aromatic heterocycles. The van der Waals surface area contributed by atoms with Crippen LogP contribution in [-0.4, -0.2) is 28.0 Å². The van der Waals surface area contributed by atoms with Crippen LogP contribution in [0.1, 0.15) is 12.5 Å². The van der Waals surface area contributed by atoms with Crippen molar-refractivity contribution < 1.29 is 9.47 Å². The topological polar surface area (TPSA) is 72.4 Å². The van der Waals surface area contributed by atoms with Crippen molar-refractivity contribution in [2.24, 2.45) is 0 Å². The molecule has 7 heteroatoms. The van der Waals surface area contributed by atoms with Crippen LogP contribution in [0.4, 0.5) is 23.1 Å². The van der Waals surface area contributed by atoms with Gasteiger partial charge in [0.2, 0.25) is 6.79 Å². The molecule has 2 aromatic carbocycles. The van der Waals surface area contributed by atoms with Gasteiger partial charge in [-0.15, -0.1) is 5.10 Å². The maximum Gasteiger partial charge on any atom is 0.252 e. The average molecular weight is 347 g/mol. The molecule has 3 heterocycles. The summed E-state index contributed by atoms with van der Waals surface area (Å²) in [7, 11) is 0. The number of benzene rings is 2. The highest BCUT2D eigenvalue weighted by molar-refractivity contribution is 5.68. The van der Waals surface area contributed by atoms with Gasteiger partial charge in [-0.3, -0.25) is 0 Å². The van der Waals surface area contributed by atoms with E-state index in [4.69, 9.17) is 9.47 Å². The third kappa shape index (κ3) is 2.48. The molecule has 130 valence electrons. The Bertz CT molecular complexity index is 978. The molecule has 1 unspecified atom stereocenters. The number of anilines is 4. The highest BCUT2D eigenvalue weighted by Gasteiger charge is 2.29. The van der Waals surface area contributed by atoms with Gasteiger partial charge in [0.1, 0.15) is 0 Å². The molecular weight excluding hydrogens is 330 g/mol. The van der Waals surface area contributed by atoms with Crippen molar-refractivity contribution in [3.8, 4) is 11.5 Å². The van der Waals surface area contributed by atoms with E-state index >= 15 is 0 Å². The standard InChI is InChI=1S/C19H17N5O2/c1-12-8-13-4-2-3-5-15(13)24(12)19-22-18(10-20-23-19)21-14-6-7-16-17(9-14)26-11-25-16/h2-7,9-10,12H,8,11H2,1H3,(H,21,22,23). The number of fused-ring (bicyclic) bond motifs is 2. The molecule has 0 radical (unpaired) electrons. The molecule has 5 rings (SSSR count). The molecule has 2 aliphatic heterocycles. The van der Waals surface area contributed by atoms with E-state index in [2.05, 4.69) is 50.5 Å². The number of ether oxygens (including phenoxy) is 2. The number of nitrogens with zero attached hydrogens (tertiary/aromatic N) is 4. The Morgan fingerprint density at radius 1 is 1.12 bits per heavy atom. The summed E-state index contributed by atoms with van der Waals surface area (Å²) in [5, 5.41) is 11.6.